The topological polar surface area (TPSA) is 44.8 Å². The standard InChI is InChI=1S/C19H32O4/c1-3-5-6-8-11-16(14-18(20)21-4-2)17-15-22-19(23-17)12-9-7-10-13-19/h8,11,16-17H,3-7,9-10,12-15H2,1-2H3/b11-8+/t16-,17+/m0/s1. The molecule has 1 aliphatic carbocycles. The van der Waals surface area contributed by atoms with Crippen molar-refractivity contribution in [3.8, 4) is 0 Å². The number of esters is 1. The van der Waals surface area contributed by atoms with E-state index in [0.717, 1.165) is 19.3 Å². The summed E-state index contributed by atoms with van der Waals surface area (Å²) >= 11 is 0. The van der Waals surface area contributed by atoms with Crippen molar-refractivity contribution in [2.75, 3.05) is 13.2 Å². The zero-order valence-corrected chi connectivity index (χ0v) is 14.7. The monoisotopic (exact) mass is 324 g/mol. The minimum absolute atomic E-state index is 0.0321. The Morgan fingerprint density at radius 2 is 2.09 bits per heavy atom. The zero-order chi connectivity index (χ0) is 16.5. The van der Waals surface area contributed by atoms with Gasteiger partial charge in [0.1, 0.15) is 0 Å². The highest BCUT2D eigenvalue weighted by Gasteiger charge is 2.44. The molecule has 0 aromatic heterocycles. The summed E-state index contributed by atoms with van der Waals surface area (Å²) in [5, 5.41) is 0. The largest absolute Gasteiger partial charge is 0.466 e. The van der Waals surface area contributed by atoms with Gasteiger partial charge in [0, 0.05) is 18.8 Å². The third-order valence-corrected chi connectivity index (χ3v) is 4.79. The Labute approximate surface area is 140 Å². The van der Waals surface area contributed by atoms with Gasteiger partial charge in [-0.15, -0.1) is 0 Å². The van der Waals surface area contributed by atoms with Crippen molar-refractivity contribution < 1.29 is 19.0 Å². The summed E-state index contributed by atoms with van der Waals surface area (Å²) in [6.07, 6.45) is 13.6. The highest BCUT2D eigenvalue weighted by atomic mass is 16.7. The first-order valence-corrected chi connectivity index (χ1v) is 9.33. The van der Waals surface area contributed by atoms with Gasteiger partial charge in [0.15, 0.2) is 5.79 Å². The zero-order valence-electron chi connectivity index (χ0n) is 14.7. The van der Waals surface area contributed by atoms with E-state index in [0.29, 0.717) is 19.6 Å². The van der Waals surface area contributed by atoms with E-state index in [2.05, 4.69) is 19.1 Å². The Morgan fingerprint density at radius 1 is 1.30 bits per heavy atom. The van der Waals surface area contributed by atoms with Crippen LogP contribution < -0.4 is 0 Å². The predicted molar refractivity (Wildman–Crippen MR) is 90.0 cm³/mol. The van der Waals surface area contributed by atoms with Gasteiger partial charge in [-0.1, -0.05) is 38.3 Å². The van der Waals surface area contributed by atoms with E-state index in [1.807, 2.05) is 6.92 Å². The van der Waals surface area contributed by atoms with Gasteiger partial charge in [0.25, 0.3) is 0 Å². The lowest BCUT2D eigenvalue weighted by molar-refractivity contribution is -0.191. The smallest absolute Gasteiger partial charge is 0.306 e. The van der Waals surface area contributed by atoms with Crippen molar-refractivity contribution in [3.05, 3.63) is 12.2 Å². The highest BCUT2D eigenvalue weighted by molar-refractivity contribution is 5.70. The van der Waals surface area contributed by atoms with Crippen LogP contribution in [0.5, 0.6) is 0 Å². The summed E-state index contributed by atoms with van der Waals surface area (Å²) in [5.41, 5.74) is 0. The fourth-order valence-corrected chi connectivity index (χ4v) is 3.47. The first-order chi connectivity index (χ1) is 11.2. The Bertz CT molecular complexity index is 385. The second-order valence-corrected chi connectivity index (χ2v) is 6.68. The van der Waals surface area contributed by atoms with Gasteiger partial charge < -0.3 is 14.2 Å². The maximum atomic E-state index is 11.9. The third-order valence-electron chi connectivity index (χ3n) is 4.79. The van der Waals surface area contributed by atoms with Crippen LogP contribution in [0.25, 0.3) is 0 Å². The number of ether oxygens (including phenoxy) is 3. The SMILES string of the molecule is CCCC/C=C/[C@@H](CC(=O)OCC)[C@H]1COC2(CCCCC2)O1. The molecule has 0 aromatic carbocycles. The molecule has 2 fully saturated rings. The number of allylic oxidation sites excluding steroid dienone is 1. The number of carbonyl (C=O) groups excluding carboxylic acids is 1. The molecular formula is C19H32O4. The molecule has 0 bridgehead atoms. The highest BCUT2D eigenvalue weighted by Crippen LogP contribution is 2.40. The summed E-state index contributed by atoms with van der Waals surface area (Å²) in [5.74, 6) is -0.481. The molecule has 2 rings (SSSR count). The molecule has 0 N–H and O–H groups in total. The van der Waals surface area contributed by atoms with E-state index in [-0.39, 0.29) is 23.8 Å². The van der Waals surface area contributed by atoms with Gasteiger partial charge in [-0.05, 0) is 26.2 Å². The lowest BCUT2D eigenvalue weighted by Gasteiger charge is -2.32. The van der Waals surface area contributed by atoms with E-state index < -0.39 is 0 Å². The molecule has 1 spiro atoms. The first-order valence-electron chi connectivity index (χ1n) is 9.33. The quantitative estimate of drug-likeness (QED) is 0.378. The number of rotatable bonds is 8. The average molecular weight is 324 g/mol. The minimum atomic E-state index is -0.382. The van der Waals surface area contributed by atoms with E-state index in [1.165, 1.54) is 32.1 Å². The fraction of sp³-hybridized carbons (Fsp3) is 0.842. The molecule has 23 heavy (non-hydrogen) atoms. The Balaban J connectivity index is 1.95. The van der Waals surface area contributed by atoms with Crippen molar-refractivity contribution in [2.24, 2.45) is 5.92 Å². The second kappa shape index (κ2) is 9.43. The van der Waals surface area contributed by atoms with E-state index in [1.54, 1.807) is 0 Å². The molecule has 1 aliphatic heterocycles. The lowest BCUT2D eigenvalue weighted by atomic mass is 9.94. The van der Waals surface area contributed by atoms with Crippen LogP contribution in [0.1, 0.15) is 71.6 Å². The molecule has 0 amide bonds. The number of unbranched alkanes of at least 4 members (excludes halogenated alkanes) is 2. The van der Waals surface area contributed by atoms with Crippen LogP contribution in [0.4, 0.5) is 0 Å². The molecule has 2 atom stereocenters. The van der Waals surface area contributed by atoms with Gasteiger partial charge in [-0.2, -0.15) is 0 Å². The summed E-state index contributed by atoms with van der Waals surface area (Å²) in [4.78, 5) is 11.9. The van der Waals surface area contributed by atoms with Gasteiger partial charge in [-0.25, -0.2) is 0 Å². The summed E-state index contributed by atoms with van der Waals surface area (Å²) in [6.45, 7) is 5.04. The van der Waals surface area contributed by atoms with E-state index >= 15 is 0 Å². The summed E-state index contributed by atoms with van der Waals surface area (Å²) < 4.78 is 17.5. The maximum absolute atomic E-state index is 11.9. The molecule has 1 saturated carbocycles. The number of carbonyl (C=O) groups is 1. The van der Waals surface area contributed by atoms with Crippen LogP contribution in [-0.4, -0.2) is 31.1 Å². The molecule has 0 unspecified atom stereocenters. The van der Waals surface area contributed by atoms with Gasteiger partial charge in [0.2, 0.25) is 0 Å². The molecule has 4 heteroatoms. The molecule has 4 nitrogen and oxygen atoms in total. The molecule has 0 aromatic rings. The van der Waals surface area contributed by atoms with Crippen molar-refractivity contribution in [3.63, 3.8) is 0 Å². The predicted octanol–water partition coefficient (Wildman–Crippen LogP) is 4.38. The van der Waals surface area contributed by atoms with Gasteiger partial charge in [0.05, 0.1) is 25.7 Å². The molecule has 132 valence electrons. The normalized spacial score (nSPS) is 25.0. The summed E-state index contributed by atoms with van der Waals surface area (Å²) in [7, 11) is 0. The van der Waals surface area contributed by atoms with E-state index in [4.69, 9.17) is 14.2 Å². The van der Waals surface area contributed by atoms with Gasteiger partial charge in [-0.3, -0.25) is 4.79 Å². The number of hydrogen-bond donors (Lipinski definition) is 0. The Morgan fingerprint density at radius 3 is 2.78 bits per heavy atom. The number of hydrogen-bond acceptors (Lipinski definition) is 4. The molecule has 1 heterocycles. The van der Waals surface area contributed by atoms with Crippen LogP contribution in [-0.2, 0) is 19.0 Å². The third kappa shape index (κ3) is 5.61. The summed E-state index contributed by atoms with van der Waals surface area (Å²) in [6, 6.07) is 0. The van der Waals surface area contributed by atoms with Crippen molar-refractivity contribution in [1.82, 2.24) is 0 Å². The van der Waals surface area contributed by atoms with Crippen molar-refractivity contribution in [1.29, 1.82) is 0 Å². The maximum Gasteiger partial charge on any atom is 0.306 e. The molecular weight excluding hydrogens is 292 g/mol. The lowest BCUT2D eigenvalue weighted by Crippen LogP contribution is -2.34. The second-order valence-electron chi connectivity index (χ2n) is 6.68. The molecule has 1 saturated heterocycles. The van der Waals surface area contributed by atoms with Crippen molar-refractivity contribution >= 4 is 5.97 Å². The van der Waals surface area contributed by atoms with Crippen LogP contribution in [0.2, 0.25) is 0 Å². The first kappa shape index (κ1) is 18.5. The average Bonchev–Trinajstić information content (AvgIpc) is 2.95. The van der Waals surface area contributed by atoms with Crippen molar-refractivity contribution in [2.45, 2.75) is 83.5 Å². The Hall–Kier alpha value is -0.870. The minimum Gasteiger partial charge on any atom is -0.466 e. The molecule has 0 radical (unpaired) electrons. The van der Waals surface area contributed by atoms with Crippen LogP contribution in [0.3, 0.4) is 0 Å². The Kier molecular flexibility index (Phi) is 7.57. The van der Waals surface area contributed by atoms with Crippen LogP contribution in [0, 0.1) is 5.92 Å². The fourth-order valence-electron chi connectivity index (χ4n) is 3.47. The van der Waals surface area contributed by atoms with Crippen LogP contribution in [0.15, 0.2) is 12.2 Å². The van der Waals surface area contributed by atoms with E-state index in [9.17, 15) is 4.79 Å². The van der Waals surface area contributed by atoms with Gasteiger partial charge >= 0.3 is 5.97 Å². The molecule has 2 aliphatic rings. The van der Waals surface area contributed by atoms with Crippen LogP contribution >= 0.6 is 0 Å².